The van der Waals surface area contributed by atoms with Gasteiger partial charge in [-0.15, -0.1) is 0 Å². The van der Waals surface area contributed by atoms with E-state index in [9.17, 15) is 19.2 Å². The lowest BCUT2D eigenvalue weighted by atomic mass is 9.98. The molecule has 0 radical (unpaired) electrons. The molecule has 0 aliphatic carbocycles. The second-order valence-corrected chi connectivity index (χ2v) is 9.24. The van der Waals surface area contributed by atoms with Gasteiger partial charge in [0.15, 0.2) is 0 Å². The van der Waals surface area contributed by atoms with Gasteiger partial charge in [0.2, 0.25) is 0 Å². The molecule has 8 heteroatoms. The van der Waals surface area contributed by atoms with Gasteiger partial charge in [-0.3, -0.25) is 29.0 Å². The fourth-order valence-corrected chi connectivity index (χ4v) is 3.38. The highest BCUT2D eigenvalue weighted by Crippen LogP contribution is 2.14. The molecule has 222 valence electrons. The van der Waals surface area contributed by atoms with E-state index in [1.54, 1.807) is 20.8 Å². The molecule has 37 heavy (non-hydrogen) atoms. The quantitative estimate of drug-likeness (QED) is 0.203. The highest BCUT2D eigenvalue weighted by molar-refractivity contribution is 5.78. The number of ketones is 2. The summed E-state index contributed by atoms with van der Waals surface area (Å²) in [5, 5.41) is 16.1. The summed E-state index contributed by atoms with van der Waals surface area (Å²) in [5.41, 5.74) is 0. The zero-order chi connectivity index (χ0) is 29.6. The third-order valence-corrected chi connectivity index (χ3v) is 5.15. The van der Waals surface area contributed by atoms with Crippen LogP contribution in [0.3, 0.4) is 0 Å². The van der Waals surface area contributed by atoms with Crippen molar-refractivity contribution in [2.24, 2.45) is 5.92 Å². The van der Waals surface area contributed by atoms with Gasteiger partial charge in [-0.05, 0) is 52.1 Å². The van der Waals surface area contributed by atoms with Crippen molar-refractivity contribution >= 4 is 23.5 Å². The number of Topliss-reactive ketones (excluding diaryl/α,β-unsaturated/α-hetero) is 2. The molecule has 0 saturated heterocycles. The maximum absolute atomic E-state index is 11.2. The van der Waals surface area contributed by atoms with E-state index in [1.807, 2.05) is 13.8 Å². The second-order valence-electron chi connectivity index (χ2n) is 9.24. The maximum Gasteiger partial charge on any atom is 0.303 e. The molecular formula is C29H60N2O6. The number of carboxylic acid groups (broad SMARTS) is 2. The van der Waals surface area contributed by atoms with E-state index in [4.69, 9.17) is 10.2 Å². The van der Waals surface area contributed by atoms with Gasteiger partial charge in [0.1, 0.15) is 11.6 Å². The lowest BCUT2D eigenvalue weighted by Gasteiger charge is -2.26. The highest BCUT2D eigenvalue weighted by Gasteiger charge is 2.11. The van der Waals surface area contributed by atoms with E-state index in [0.29, 0.717) is 25.4 Å². The van der Waals surface area contributed by atoms with Crippen LogP contribution in [0, 0.1) is 5.92 Å². The third kappa shape index (κ3) is 41.6. The molecule has 0 spiro atoms. The van der Waals surface area contributed by atoms with Crippen LogP contribution in [0.5, 0.6) is 0 Å². The first kappa shape index (κ1) is 42.3. The van der Waals surface area contributed by atoms with Crippen molar-refractivity contribution in [1.29, 1.82) is 0 Å². The molecule has 8 nitrogen and oxygen atoms in total. The van der Waals surface area contributed by atoms with Gasteiger partial charge >= 0.3 is 11.9 Å². The van der Waals surface area contributed by atoms with E-state index >= 15 is 0 Å². The molecule has 0 rings (SSSR count). The third-order valence-electron chi connectivity index (χ3n) is 5.15. The van der Waals surface area contributed by atoms with Gasteiger partial charge in [0.25, 0.3) is 0 Å². The Kier molecular flexibility index (Phi) is 36.8. The maximum atomic E-state index is 11.2. The summed E-state index contributed by atoms with van der Waals surface area (Å²) in [5.74, 6) is -0.305. The molecule has 0 aromatic rings. The first-order chi connectivity index (χ1) is 17.4. The summed E-state index contributed by atoms with van der Waals surface area (Å²) >= 11 is 0. The first-order valence-corrected chi connectivity index (χ1v) is 14.3. The zero-order valence-corrected chi connectivity index (χ0v) is 25.6. The molecule has 0 fully saturated rings. The molecular weight excluding hydrogens is 472 g/mol. The number of carbonyl (C=O) groups excluding carboxylic acids is 2. The van der Waals surface area contributed by atoms with Crippen molar-refractivity contribution in [3.05, 3.63) is 0 Å². The van der Waals surface area contributed by atoms with Crippen molar-refractivity contribution in [3.63, 3.8) is 0 Å². The number of nitrogens with zero attached hydrogens (tertiary/aromatic N) is 2. The van der Waals surface area contributed by atoms with Gasteiger partial charge in [-0.25, -0.2) is 0 Å². The highest BCUT2D eigenvalue weighted by atomic mass is 16.4. The predicted molar refractivity (Wildman–Crippen MR) is 154 cm³/mol. The van der Waals surface area contributed by atoms with E-state index < -0.39 is 11.9 Å². The smallest absolute Gasteiger partial charge is 0.303 e. The Hall–Kier alpha value is -1.80. The average molecular weight is 533 g/mol. The van der Waals surface area contributed by atoms with Crippen molar-refractivity contribution in [1.82, 2.24) is 9.80 Å². The molecule has 0 saturated carbocycles. The Morgan fingerprint density at radius 3 is 1.30 bits per heavy atom. The van der Waals surface area contributed by atoms with E-state index in [0.717, 1.165) is 51.9 Å². The van der Waals surface area contributed by atoms with Crippen molar-refractivity contribution in [3.8, 4) is 0 Å². The molecule has 1 atom stereocenters. The van der Waals surface area contributed by atoms with Crippen molar-refractivity contribution in [2.75, 3.05) is 39.3 Å². The minimum absolute atomic E-state index is 0.206. The van der Waals surface area contributed by atoms with Crippen LogP contribution in [0.4, 0.5) is 0 Å². The summed E-state index contributed by atoms with van der Waals surface area (Å²) in [6.45, 7) is 22.1. The number of carboxylic acids is 2. The number of aliphatic carboxylic acids is 2. The van der Waals surface area contributed by atoms with Crippen LogP contribution in [-0.4, -0.2) is 82.8 Å². The predicted octanol–water partition coefficient (Wildman–Crippen LogP) is 6.16. The lowest BCUT2D eigenvalue weighted by Crippen LogP contribution is -2.39. The van der Waals surface area contributed by atoms with Gasteiger partial charge < -0.3 is 10.2 Å². The fraction of sp³-hybridized carbons (Fsp3) is 0.862. The molecule has 2 N–H and O–H groups in total. The van der Waals surface area contributed by atoms with Crippen molar-refractivity contribution < 1.29 is 29.4 Å². The minimum Gasteiger partial charge on any atom is -0.481 e. The Morgan fingerprint density at radius 1 is 0.649 bits per heavy atom. The molecule has 0 aromatic carbocycles. The zero-order valence-electron chi connectivity index (χ0n) is 25.6. The summed E-state index contributed by atoms with van der Waals surface area (Å²) < 4.78 is 0. The van der Waals surface area contributed by atoms with E-state index in [1.165, 1.54) is 19.3 Å². The summed E-state index contributed by atoms with van der Waals surface area (Å²) in [6.07, 6.45) is 8.30. The molecule has 0 aliphatic heterocycles. The molecule has 0 amide bonds. The van der Waals surface area contributed by atoms with Gasteiger partial charge in [-0.2, -0.15) is 0 Å². The Morgan fingerprint density at radius 2 is 1.03 bits per heavy atom. The van der Waals surface area contributed by atoms with Crippen LogP contribution in [0.2, 0.25) is 0 Å². The number of rotatable bonds is 19. The molecule has 0 aliphatic rings. The topological polar surface area (TPSA) is 115 Å². The van der Waals surface area contributed by atoms with Crippen LogP contribution in [0.15, 0.2) is 0 Å². The molecule has 0 bridgehead atoms. The van der Waals surface area contributed by atoms with Gasteiger partial charge in [-0.1, -0.05) is 74.1 Å². The summed E-state index contributed by atoms with van der Waals surface area (Å²) in [6, 6.07) is 0. The molecule has 0 heterocycles. The number of hydrogen-bond donors (Lipinski definition) is 2. The molecule has 1 unspecified atom stereocenters. The minimum atomic E-state index is -0.745. The largest absolute Gasteiger partial charge is 0.481 e. The van der Waals surface area contributed by atoms with Crippen LogP contribution >= 0.6 is 0 Å². The monoisotopic (exact) mass is 532 g/mol. The normalized spacial score (nSPS) is 10.8. The Bertz CT molecular complexity index is 529. The fourth-order valence-electron chi connectivity index (χ4n) is 3.38. The molecule has 0 aromatic heterocycles. The first-order valence-electron chi connectivity index (χ1n) is 14.3. The van der Waals surface area contributed by atoms with Gasteiger partial charge in [0, 0.05) is 25.9 Å². The average Bonchev–Trinajstić information content (AvgIpc) is 2.82. The number of hydrogen-bond acceptors (Lipinski definition) is 6. The summed E-state index contributed by atoms with van der Waals surface area (Å²) in [4.78, 5) is 46.2. The van der Waals surface area contributed by atoms with Crippen LogP contribution in [0.25, 0.3) is 0 Å². The lowest BCUT2D eigenvalue weighted by molar-refractivity contribution is -0.137. The van der Waals surface area contributed by atoms with Crippen LogP contribution < -0.4 is 0 Å². The number of carbonyl (C=O) groups is 4. The summed E-state index contributed by atoms with van der Waals surface area (Å²) in [7, 11) is 0. The van der Waals surface area contributed by atoms with E-state index in [2.05, 4.69) is 37.5 Å². The number of unbranched alkanes of at least 4 members (excludes halogenated alkanes) is 1. The SMILES string of the molecule is CC.CCC(=O)O.CCCCC(C)CCCC(=O)O.CCCN(CCN(CCC)CC(C)=O)CC(C)=O. The van der Waals surface area contributed by atoms with Crippen LogP contribution in [0.1, 0.15) is 120 Å². The van der Waals surface area contributed by atoms with Crippen LogP contribution in [-0.2, 0) is 19.2 Å². The Balaban J connectivity index is -0.000000246. The van der Waals surface area contributed by atoms with Crippen molar-refractivity contribution in [2.45, 2.75) is 120 Å². The van der Waals surface area contributed by atoms with Gasteiger partial charge in [0.05, 0.1) is 13.1 Å². The second kappa shape index (κ2) is 32.2. The standard InChI is InChI=1S/C14H28N2O2.C10H20O2.C3H6O2.C2H6/c1-5-7-15(11-13(3)17)9-10-16(8-6-2)12-14(4)18;1-3-4-6-9(2)7-5-8-10(11)12;1-2-3(4)5;1-2/h5-12H2,1-4H3;9H,3-8H2,1-2H3,(H,11,12);2H2,1H3,(H,4,5);1-2H3. The Labute approximate surface area is 228 Å². The van der Waals surface area contributed by atoms with E-state index in [-0.39, 0.29) is 18.0 Å².